The molecule has 4 nitrogen and oxygen atoms in total. The summed E-state index contributed by atoms with van der Waals surface area (Å²) in [5.74, 6) is -0.291. The minimum Gasteiger partial charge on any atom is -0.436 e. The van der Waals surface area contributed by atoms with Gasteiger partial charge in [-0.1, -0.05) is 19.1 Å². The van der Waals surface area contributed by atoms with E-state index in [2.05, 4.69) is 9.97 Å². The van der Waals surface area contributed by atoms with Crippen LogP contribution in [-0.4, -0.2) is 9.97 Å². The van der Waals surface area contributed by atoms with E-state index in [1.807, 2.05) is 25.1 Å². The van der Waals surface area contributed by atoms with Crippen molar-refractivity contribution in [2.45, 2.75) is 13.3 Å². The molecule has 0 saturated heterocycles. The summed E-state index contributed by atoms with van der Waals surface area (Å²) in [5.41, 5.74) is 6.47. The first kappa shape index (κ1) is 11.3. The first-order chi connectivity index (χ1) is 8.19. The highest BCUT2D eigenvalue weighted by Crippen LogP contribution is 2.23. The SMILES string of the molecule is CCc1cccc(Oc2nc(N)ncc2F)c1. The van der Waals surface area contributed by atoms with Crippen molar-refractivity contribution in [1.29, 1.82) is 0 Å². The maximum atomic E-state index is 13.3. The predicted octanol–water partition coefficient (Wildman–Crippen LogP) is 2.55. The highest BCUT2D eigenvalue weighted by atomic mass is 19.1. The molecule has 0 aliphatic rings. The number of nitrogens with two attached hydrogens (primary N) is 1. The summed E-state index contributed by atoms with van der Waals surface area (Å²) in [6.45, 7) is 2.03. The average Bonchev–Trinajstić information content (AvgIpc) is 2.34. The fraction of sp³-hybridized carbons (Fsp3) is 0.167. The lowest BCUT2D eigenvalue weighted by Gasteiger charge is -2.06. The Morgan fingerprint density at radius 3 is 3.00 bits per heavy atom. The lowest BCUT2D eigenvalue weighted by atomic mass is 10.2. The van der Waals surface area contributed by atoms with E-state index in [9.17, 15) is 4.39 Å². The number of hydrogen-bond acceptors (Lipinski definition) is 4. The number of hydrogen-bond donors (Lipinski definition) is 1. The fourth-order valence-electron chi connectivity index (χ4n) is 1.38. The van der Waals surface area contributed by atoms with Gasteiger partial charge in [-0.15, -0.1) is 0 Å². The molecule has 0 bridgehead atoms. The number of aryl methyl sites for hydroxylation is 1. The quantitative estimate of drug-likeness (QED) is 0.885. The average molecular weight is 233 g/mol. The van der Waals surface area contributed by atoms with Crippen molar-refractivity contribution in [1.82, 2.24) is 9.97 Å². The molecule has 1 aromatic carbocycles. The van der Waals surface area contributed by atoms with Gasteiger partial charge in [-0.25, -0.2) is 4.98 Å². The molecule has 1 aromatic heterocycles. The molecule has 88 valence electrons. The Kier molecular flexibility index (Phi) is 3.18. The standard InChI is InChI=1S/C12H12FN3O/c1-2-8-4-3-5-9(6-8)17-11-10(13)7-15-12(14)16-11/h3-7H,2H2,1H3,(H2,14,15,16). The van der Waals surface area contributed by atoms with Crippen LogP contribution in [0.5, 0.6) is 11.6 Å². The van der Waals surface area contributed by atoms with Gasteiger partial charge in [-0.2, -0.15) is 9.37 Å². The summed E-state index contributed by atoms with van der Waals surface area (Å²) < 4.78 is 18.7. The van der Waals surface area contributed by atoms with Crippen molar-refractivity contribution in [3.05, 3.63) is 41.8 Å². The van der Waals surface area contributed by atoms with E-state index in [-0.39, 0.29) is 11.8 Å². The second-order valence-corrected chi connectivity index (χ2v) is 3.48. The zero-order valence-electron chi connectivity index (χ0n) is 9.35. The Morgan fingerprint density at radius 1 is 1.41 bits per heavy atom. The second-order valence-electron chi connectivity index (χ2n) is 3.48. The second kappa shape index (κ2) is 4.78. The summed E-state index contributed by atoms with van der Waals surface area (Å²) in [4.78, 5) is 7.22. The Morgan fingerprint density at radius 2 is 2.24 bits per heavy atom. The third-order valence-electron chi connectivity index (χ3n) is 2.25. The Bertz CT molecular complexity index is 531. The molecule has 0 aliphatic heterocycles. The van der Waals surface area contributed by atoms with Gasteiger partial charge in [-0.05, 0) is 24.1 Å². The van der Waals surface area contributed by atoms with Gasteiger partial charge in [-0.3, -0.25) is 0 Å². The first-order valence-corrected chi connectivity index (χ1v) is 5.24. The summed E-state index contributed by atoms with van der Waals surface area (Å²) >= 11 is 0. The molecular weight excluding hydrogens is 221 g/mol. The normalized spacial score (nSPS) is 10.2. The molecule has 0 atom stereocenters. The molecule has 0 radical (unpaired) electrons. The largest absolute Gasteiger partial charge is 0.436 e. The molecule has 0 aliphatic carbocycles. The van der Waals surface area contributed by atoms with E-state index in [4.69, 9.17) is 10.5 Å². The van der Waals surface area contributed by atoms with Gasteiger partial charge < -0.3 is 10.5 Å². The molecule has 17 heavy (non-hydrogen) atoms. The van der Waals surface area contributed by atoms with E-state index < -0.39 is 5.82 Å². The van der Waals surface area contributed by atoms with Gasteiger partial charge in [0, 0.05) is 0 Å². The molecule has 0 unspecified atom stereocenters. The van der Waals surface area contributed by atoms with Crippen LogP contribution in [0.25, 0.3) is 0 Å². The molecule has 0 fully saturated rings. The number of rotatable bonds is 3. The Labute approximate surface area is 98.3 Å². The molecule has 0 saturated carbocycles. The minimum atomic E-state index is -0.638. The van der Waals surface area contributed by atoms with Crippen LogP contribution in [0.3, 0.4) is 0 Å². The molecule has 2 aromatic rings. The minimum absolute atomic E-state index is 0.0203. The lowest BCUT2D eigenvalue weighted by molar-refractivity contribution is 0.420. The molecule has 5 heteroatoms. The number of ether oxygens (including phenoxy) is 1. The predicted molar refractivity (Wildman–Crippen MR) is 62.3 cm³/mol. The van der Waals surface area contributed by atoms with Crippen LogP contribution in [0.2, 0.25) is 0 Å². The molecule has 2 N–H and O–H groups in total. The topological polar surface area (TPSA) is 61.0 Å². The first-order valence-electron chi connectivity index (χ1n) is 5.24. The van der Waals surface area contributed by atoms with Crippen molar-refractivity contribution >= 4 is 5.95 Å². The zero-order valence-corrected chi connectivity index (χ0v) is 9.35. The molecule has 0 amide bonds. The maximum Gasteiger partial charge on any atom is 0.260 e. The van der Waals surface area contributed by atoms with E-state index in [0.717, 1.165) is 18.2 Å². The fourth-order valence-corrected chi connectivity index (χ4v) is 1.38. The number of aromatic nitrogens is 2. The number of anilines is 1. The van der Waals surface area contributed by atoms with Crippen LogP contribution in [-0.2, 0) is 6.42 Å². The van der Waals surface area contributed by atoms with Gasteiger partial charge in [0.25, 0.3) is 5.88 Å². The lowest BCUT2D eigenvalue weighted by Crippen LogP contribution is -1.99. The van der Waals surface area contributed by atoms with Crippen LogP contribution in [0.15, 0.2) is 30.5 Å². The smallest absolute Gasteiger partial charge is 0.260 e. The third kappa shape index (κ3) is 2.69. The summed E-state index contributed by atoms with van der Waals surface area (Å²) in [5, 5.41) is 0. The summed E-state index contributed by atoms with van der Waals surface area (Å²) in [7, 11) is 0. The maximum absolute atomic E-state index is 13.3. The van der Waals surface area contributed by atoms with Crippen LogP contribution in [0.4, 0.5) is 10.3 Å². The molecule has 0 spiro atoms. The zero-order chi connectivity index (χ0) is 12.3. The summed E-state index contributed by atoms with van der Waals surface area (Å²) in [6.07, 6.45) is 1.87. The van der Waals surface area contributed by atoms with E-state index in [0.29, 0.717) is 5.75 Å². The van der Waals surface area contributed by atoms with Crippen molar-refractivity contribution < 1.29 is 9.13 Å². The highest BCUT2D eigenvalue weighted by Gasteiger charge is 2.08. The monoisotopic (exact) mass is 233 g/mol. The van der Waals surface area contributed by atoms with Crippen molar-refractivity contribution in [3.8, 4) is 11.6 Å². The summed E-state index contributed by atoms with van der Waals surface area (Å²) in [6, 6.07) is 7.38. The van der Waals surface area contributed by atoms with E-state index >= 15 is 0 Å². The van der Waals surface area contributed by atoms with Crippen molar-refractivity contribution in [3.63, 3.8) is 0 Å². The van der Waals surface area contributed by atoms with E-state index in [1.54, 1.807) is 6.07 Å². The van der Waals surface area contributed by atoms with Crippen LogP contribution in [0.1, 0.15) is 12.5 Å². The van der Waals surface area contributed by atoms with Gasteiger partial charge in [0.15, 0.2) is 0 Å². The van der Waals surface area contributed by atoms with Gasteiger partial charge >= 0.3 is 0 Å². The number of benzene rings is 1. The Hall–Kier alpha value is -2.17. The van der Waals surface area contributed by atoms with Crippen LogP contribution in [0, 0.1) is 5.82 Å². The number of halogens is 1. The third-order valence-corrected chi connectivity index (χ3v) is 2.25. The molecule has 1 heterocycles. The van der Waals surface area contributed by atoms with Gasteiger partial charge in [0.2, 0.25) is 11.8 Å². The Balaban J connectivity index is 2.27. The highest BCUT2D eigenvalue weighted by molar-refractivity contribution is 5.33. The number of nitrogen functional groups attached to an aromatic ring is 1. The molecular formula is C12H12FN3O. The van der Waals surface area contributed by atoms with Crippen LogP contribution >= 0.6 is 0 Å². The van der Waals surface area contributed by atoms with Gasteiger partial charge in [0.05, 0.1) is 6.20 Å². The van der Waals surface area contributed by atoms with E-state index in [1.165, 1.54) is 0 Å². The van der Waals surface area contributed by atoms with Crippen LogP contribution < -0.4 is 10.5 Å². The van der Waals surface area contributed by atoms with Gasteiger partial charge in [0.1, 0.15) is 5.75 Å². The van der Waals surface area contributed by atoms with Crippen molar-refractivity contribution in [2.24, 2.45) is 0 Å². The molecule has 2 rings (SSSR count). The van der Waals surface area contributed by atoms with Crippen molar-refractivity contribution in [2.75, 3.05) is 5.73 Å². The number of nitrogens with zero attached hydrogens (tertiary/aromatic N) is 2.